The van der Waals surface area contributed by atoms with Crippen molar-refractivity contribution < 1.29 is 29.0 Å². The van der Waals surface area contributed by atoms with E-state index in [9.17, 15) is 19.2 Å². The normalized spacial score (nSPS) is 10.7. The Morgan fingerprint density at radius 3 is 1.22 bits per heavy atom. The highest BCUT2D eigenvalue weighted by molar-refractivity contribution is 5.77. The van der Waals surface area contributed by atoms with Crippen LogP contribution >= 0.6 is 0 Å². The molecule has 0 heterocycles. The average molecular weight is 513 g/mol. The van der Waals surface area contributed by atoms with Gasteiger partial charge in [-0.25, -0.2) is 0 Å². The van der Waals surface area contributed by atoms with Crippen LogP contribution in [0.25, 0.3) is 0 Å². The number of carbonyl (C=O) groups excluding carboxylic acids is 3. The Morgan fingerprint density at radius 1 is 0.528 bits per heavy atom. The molecule has 0 unspecified atom stereocenters. The van der Waals surface area contributed by atoms with E-state index in [-0.39, 0.29) is 24.2 Å². The van der Waals surface area contributed by atoms with Crippen LogP contribution in [-0.2, 0) is 23.9 Å². The van der Waals surface area contributed by atoms with E-state index in [0.717, 1.165) is 89.9 Å². The number of rotatable bonds is 26. The van der Waals surface area contributed by atoms with Gasteiger partial charge in [0.05, 0.1) is 6.61 Å². The molecule has 0 aliphatic rings. The molecule has 210 valence electrons. The van der Waals surface area contributed by atoms with Gasteiger partial charge >= 0.3 is 11.9 Å². The maximum atomic E-state index is 11.9. The fourth-order valence-corrected chi connectivity index (χ4v) is 4.05. The number of aliphatic carboxylic acids is 1. The summed E-state index contributed by atoms with van der Waals surface area (Å²) in [7, 11) is 0. The predicted molar refractivity (Wildman–Crippen MR) is 143 cm³/mol. The first kappa shape index (κ1) is 33.9. The molecule has 0 aromatic carbocycles. The molecule has 0 aliphatic carbocycles. The number of esters is 1. The van der Waals surface area contributed by atoms with Crippen molar-refractivity contribution in [1.82, 2.24) is 10.6 Å². The largest absolute Gasteiger partial charge is 0.481 e. The topological polar surface area (TPSA) is 122 Å². The molecule has 0 aromatic heterocycles. The van der Waals surface area contributed by atoms with E-state index in [1.807, 2.05) is 6.92 Å². The van der Waals surface area contributed by atoms with Gasteiger partial charge in [-0.1, -0.05) is 77.0 Å². The fourth-order valence-electron chi connectivity index (χ4n) is 4.05. The highest BCUT2D eigenvalue weighted by Crippen LogP contribution is 2.12. The van der Waals surface area contributed by atoms with Gasteiger partial charge in [0, 0.05) is 38.8 Å². The number of hydrogen-bond acceptors (Lipinski definition) is 5. The van der Waals surface area contributed by atoms with Gasteiger partial charge < -0.3 is 20.5 Å². The second kappa shape index (κ2) is 26.0. The van der Waals surface area contributed by atoms with Gasteiger partial charge in [0.2, 0.25) is 11.8 Å². The lowest BCUT2D eigenvalue weighted by atomic mass is 10.1. The Morgan fingerprint density at radius 2 is 0.861 bits per heavy atom. The van der Waals surface area contributed by atoms with E-state index < -0.39 is 5.97 Å². The molecular weight excluding hydrogens is 460 g/mol. The standard InChI is InChI=1S/C28H52N2O6/c1-2-36-28(35)22-18-14-10-6-4-8-12-16-20-26(32)30-24-23-29-25(31)19-15-11-7-3-5-9-13-17-21-27(33)34/h2-24H2,1H3,(H,29,31)(H,30,32)(H,33,34). The smallest absolute Gasteiger partial charge is 0.305 e. The van der Waals surface area contributed by atoms with Crippen molar-refractivity contribution in [2.24, 2.45) is 0 Å². The van der Waals surface area contributed by atoms with Crippen LogP contribution in [0.2, 0.25) is 0 Å². The summed E-state index contributed by atoms with van der Waals surface area (Å²) < 4.78 is 4.91. The maximum absolute atomic E-state index is 11.9. The molecular formula is C28H52N2O6. The summed E-state index contributed by atoms with van der Waals surface area (Å²) in [5.41, 5.74) is 0. The third-order valence-corrected chi connectivity index (χ3v) is 6.15. The molecule has 8 nitrogen and oxygen atoms in total. The molecule has 0 atom stereocenters. The summed E-state index contributed by atoms with van der Waals surface area (Å²) in [4.78, 5) is 45.4. The van der Waals surface area contributed by atoms with Gasteiger partial charge in [-0.05, 0) is 32.6 Å². The molecule has 0 saturated carbocycles. The fraction of sp³-hybridized carbons (Fsp3) is 0.857. The first-order valence-electron chi connectivity index (χ1n) is 14.4. The van der Waals surface area contributed by atoms with E-state index in [1.54, 1.807) is 0 Å². The number of carbonyl (C=O) groups is 4. The van der Waals surface area contributed by atoms with Crippen LogP contribution in [0.4, 0.5) is 0 Å². The highest BCUT2D eigenvalue weighted by atomic mass is 16.5. The molecule has 36 heavy (non-hydrogen) atoms. The van der Waals surface area contributed by atoms with Crippen LogP contribution < -0.4 is 10.6 Å². The van der Waals surface area contributed by atoms with Crippen LogP contribution in [-0.4, -0.2) is 48.6 Å². The number of nitrogens with one attached hydrogen (secondary N) is 2. The van der Waals surface area contributed by atoms with Gasteiger partial charge in [0.25, 0.3) is 0 Å². The van der Waals surface area contributed by atoms with Crippen LogP contribution in [0.15, 0.2) is 0 Å². The number of carboxylic acids is 1. The first-order chi connectivity index (χ1) is 17.5. The third-order valence-electron chi connectivity index (χ3n) is 6.15. The van der Waals surface area contributed by atoms with Crippen LogP contribution in [0.5, 0.6) is 0 Å². The minimum Gasteiger partial charge on any atom is -0.481 e. The quantitative estimate of drug-likeness (QED) is 0.101. The van der Waals surface area contributed by atoms with Crippen molar-refractivity contribution in [1.29, 1.82) is 0 Å². The van der Waals surface area contributed by atoms with Gasteiger partial charge in [-0.3, -0.25) is 19.2 Å². The Bertz CT molecular complexity index is 582. The minimum atomic E-state index is -0.717. The Labute approximate surface area is 218 Å². The third kappa shape index (κ3) is 26.5. The zero-order valence-electron chi connectivity index (χ0n) is 22.8. The van der Waals surface area contributed by atoms with E-state index in [4.69, 9.17) is 9.84 Å². The molecule has 0 bridgehead atoms. The monoisotopic (exact) mass is 512 g/mol. The highest BCUT2D eigenvalue weighted by Gasteiger charge is 2.04. The first-order valence-corrected chi connectivity index (χ1v) is 14.4. The second-order valence-corrected chi connectivity index (χ2v) is 9.56. The summed E-state index contributed by atoms with van der Waals surface area (Å²) in [5, 5.41) is 14.3. The van der Waals surface area contributed by atoms with Gasteiger partial charge in [-0.2, -0.15) is 0 Å². The zero-order valence-corrected chi connectivity index (χ0v) is 22.8. The van der Waals surface area contributed by atoms with Crippen molar-refractivity contribution in [3.63, 3.8) is 0 Å². The summed E-state index contributed by atoms with van der Waals surface area (Å²) in [6, 6.07) is 0. The van der Waals surface area contributed by atoms with E-state index in [2.05, 4.69) is 10.6 Å². The summed E-state index contributed by atoms with van der Waals surface area (Å²) in [5.74, 6) is -0.726. The molecule has 0 radical (unpaired) electrons. The van der Waals surface area contributed by atoms with Crippen molar-refractivity contribution in [3.8, 4) is 0 Å². The second-order valence-electron chi connectivity index (χ2n) is 9.56. The van der Waals surface area contributed by atoms with Crippen LogP contribution in [0.1, 0.15) is 135 Å². The van der Waals surface area contributed by atoms with Gasteiger partial charge in [0.15, 0.2) is 0 Å². The number of carboxylic acid groups (broad SMARTS) is 1. The van der Waals surface area contributed by atoms with Crippen molar-refractivity contribution in [2.75, 3.05) is 19.7 Å². The molecule has 0 spiro atoms. The lowest BCUT2D eigenvalue weighted by Gasteiger charge is -2.07. The maximum Gasteiger partial charge on any atom is 0.305 e. The molecule has 3 N–H and O–H groups in total. The van der Waals surface area contributed by atoms with Gasteiger partial charge in [0.1, 0.15) is 0 Å². The molecule has 0 saturated heterocycles. The molecule has 0 aliphatic heterocycles. The zero-order chi connectivity index (χ0) is 26.7. The van der Waals surface area contributed by atoms with Crippen molar-refractivity contribution >= 4 is 23.8 Å². The molecule has 0 fully saturated rings. The molecule has 0 aromatic rings. The average Bonchev–Trinajstić information content (AvgIpc) is 2.84. The summed E-state index contributed by atoms with van der Waals surface area (Å²) >= 11 is 0. The predicted octanol–water partition coefficient (Wildman–Crippen LogP) is 5.67. The van der Waals surface area contributed by atoms with Gasteiger partial charge in [-0.15, -0.1) is 0 Å². The lowest BCUT2D eigenvalue weighted by Crippen LogP contribution is -2.34. The van der Waals surface area contributed by atoms with E-state index in [0.29, 0.717) is 39.0 Å². The van der Waals surface area contributed by atoms with Crippen molar-refractivity contribution in [2.45, 2.75) is 135 Å². The molecule has 0 rings (SSSR count). The van der Waals surface area contributed by atoms with Crippen molar-refractivity contribution in [3.05, 3.63) is 0 Å². The Hall–Kier alpha value is -2.12. The summed E-state index contributed by atoms with van der Waals surface area (Å²) in [6.07, 6.45) is 18.5. The Kier molecular flexibility index (Phi) is 24.4. The number of hydrogen-bond donors (Lipinski definition) is 3. The number of unbranched alkanes of at least 4 members (excludes halogenated alkanes) is 14. The number of ether oxygens (including phenoxy) is 1. The van der Waals surface area contributed by atoms with E-state index in [1.165, 1.54) is 12.8 Å². The number of amides is 2. The Balaban J connectivity index is 3.33. The van der Waals surface area contributed by atoms with Crippen LogP contribution in [0, 0.1) is 0 Å². The molecule has 2 amide bonds. The van der Waals surface area contributed by atoms with Crippen LogP contribution in [0.3, 0.4) is 0 Å². The molecule has 8 heteroatoms. The minimum absolute atomic E-state index is 0.0406. The SMILES string of the molecule is CCOC(=O)CCCCCCCCCCC(=O)NCCNC(=O)CCCCCCCCCCC(=O)O. The lowest BCUT2D eigenvalue weighted by molar-refractivity contribution is -0.143. The summed E-state index contributed by atoms with van der Waals surface area (Å²) in [6.45, 7) is 3.22. The van der Waals surface area contributed by atoms with E-state index >= 15 is 0 Å².